The summed E-state index contributed by atoms with van der Waals surface area (Å²) in [5.41, 5.74) is 3.02. The highest BCUT2D eigenvalue weighted by atomic mass is 35.5. The summed E-state index contributed by atoms with van der Waals surface area (Å²) < 4.78 is 0. The van der Waals surface area contributed by atoms with E-state index in [-0.39, 0.29) is 0 Å². The topological polar surface area (TPSA) is 28.7 Å². The Morgan fingerprint density at radius 3 is 2.50 bits per heavy atom. The summed E-state index contributed by atoms with van der Waals surface area (Å²) in [7, 11) is 0. The maximum absolute atomic E-state index is 5.91. The summed E-state index contributed by atoms with van der Waals surface area (Å²) in [6.45, 7) is 6.60. The maximum atomic E-state index is 5.91. The first-order valence-corrected chi connectivity index (χ1v) is 8.34. The molecule has 0 spiro atoms. The van der Waals surface area contributed by atoms with Crippen LogP contribution in [0, 0.1) is 12.3 Å². The molecule has 1 aliphatic rings. The van der Waals surface area contributed by atoms with Crippen molar-refractivity contribution in [3.63, 3.8) is 0 Å². The van der Waals surface area contributed by atoms with Gasteiger partial charge in [0.05, 0.1) is 0 Å². The molecule has 0 radical (unpaired) electrons. The van der Waals surface area contributed by atoms with Crippen LogP contribution < -0.4 is 0 Å². The van der Waals surface area contributed by atoms with Crippen LogP contribution in [0.25, 0.3) is 0 Å². The van der Waals surface area contributed by atoms with Crippen molar-refractivity contribution in [3.8, 4) is 0 Å². The molecule has 0 amide bonds. The van der Waals surface area contributed by atoms with E-state index in [0.29, 0.717) is 5.41 Å². The number of nitrogens with zero attached hydrogens (tertiary/aromatic N) is 1. The van der Waals surface area contributed by atoms with Crippen LogP contribution in [-0.4, -0.2) is 16.2 Å². The average Bonchev–Trinajstić information content (AvgIpc) is 2.83. The number of imidazole rings is 1. The van der Waals surface area contributed by atoms with Crippen LogP contribution in [0.4, 0.5) is 0 Å². The van der Waals surface area contributed by atoms with Gasteiger partial charge in [0.15, 0.2) is 5.16 Å². The fraction of sp³-hybridized carbons (Fsp3) is 0.438. The van der Waals surface area contributed by atoms with E-state index in [4.69, 9.17) is 11.6 Å². The Morgan fingerprint density at radius 2 is 2.10 bits per heavy atom. The molecule has 1 heterocycles. The molecule has 1 aliphatic carbocycles. The van der Waals surface area contributed by atoms with Crippen molar-refractivity contribution in [2.24, 2.45) is 5.41 Å². The molecular formula is C16H21ClN2S. The minimum Gasteiger partial charge on any atom is -0.337 e. The van der Waals surface area contributed by atoms with E-state index in [1.165, 1.54) is 12.0 Å². The van der Waals surface area contributed by atoms with Gasteiger partial charge in [0.25, 0.3) is 0 Å². The Hall–Kier alpha value is -0.930. The molecule has 0 unspecified atom stereocenters. The number of hydrogen-bond acceptors (Lipinski definition) is 2. The number of aromatic nitrogens is 2. The van der Waals surface area contributed by atoms with E-state index in [9.17, 15) is 0 Å². The Bertz CT molecular complexity index is 577. The molecule has 0 aliphatic heterocycles. The number of thioether (sulfide) groups is 1. The van der Waals surface area contributed by atoms with Gasteiger partial charge in [-0.1, -0.05) is 49.3 Å². The van der Waals surface area contributed by atoms with Gasteiger partial charge in [-0.15, -0.1) is 0 Å². The first-order valence-electron chi connectivity index (χ1n) is 6.73. The molecule has 4 heteroatoms. The second-order valence-corrected chi connectivity index (χ2v) is 7.11. The molecule has 1 atom stereocenters. The smallest absolute Gasteiger partial charge is 0.165 e. The first-order chi connectivity index (χ1) is 9.42. The predicted molar refractivity (Wildman–Crippen MR) is 87.7 cm³/mol. The highest BCUT2D eigenvalue weighted by Crippen LogP contribution is 2.58. The van der Waals surface area contributed by atoms with Crippen molar-refractivity contribution in [3.05, 3.63) is 46.7 Å². The van der Waals surface area contributed by atoms with Crippen LogP contribution in [0.3, 0.4) is 0 Å². The van der Waals surface area contributed by atoms with Crippen molar-refractivity contribution < 1.29 is 0 Å². The van der Waals surface area contributed by atoms with E-state index >= 15 is 0 Å². The average molecular weight is 309 g/mol. The van der Waals surface area contributed by atoms with E-state index in [1.54, 1.807) is 11.8 Å². The van der Waals surface area contributed by atoms with Gasteiger partial charge in [0, 0.05) is 16.9 Å². The SMILES string of the molecule is CC1(C)C[C@H]1c1cccc(Cl)c1.CSc1ncc(C)[nH]1. The third kappa shape index (κ3) is 4.03. The third-order valence-electron chi connectivity index (χ3n) is 3.64. The van der Waals surface area contributed by atoms with Crippen LogP contribution in [0.2, 0.25) is 5.02 Å². The predicted octanol–water partition coefficient (Wildman–Crippen LogP) is 5.29. The number of hydrogen-bond donors (Lipinski definition) is 1. The van der Waals surface area contributed by atoms with Gasteiger partial charge in [-0.05, 0) is 48.6 Å². The monoisotopic (exact) mass is 308 g/mol. The van der Waals surface area contributed by atoms with Crippen LogP contribution >= 0.6 is 23.4 Å². The lowest BCUT2D eigenvalue weighted by Crippen LogP contribution is -1.88. The van der Waals surface area contributed by atoms with Crippen molar-refractivity contribution in [1.82, 2.24) is 9.97 Å². The molecular weight excluding hydrogens is 288 g/mol. The molecule has 1 aromatic heterocycles. The Labute approximate surface area is 130 Å². The molecule has 1 saturated carbocycles. The molecule has 0 saturated heterocycles. The van der Waals surface area contributed by atoms with Gasteiger partial charge < -0.3 is 4.98 Å². The van der Waals surface area contributed by atoms with Gasteiger partial charge in [-0.3, -0.25) is 0 Å². The minimum atomic E-state index is 0.505. The molecule has 0 bridgehead atoms. The Morgan fingerprint density at radius 1 is 1.40 bits per heavy atom. The number of rotatable bonds is 2. The van der Waals surface area contributed by atoms with Crippen molar-refractivity contribution in [2.75, 3.05) is 6.26 Å². The minimum absolute atomic E-state index is 0.505. The lowest BCUT2D eigenvalue weighted by molar-refractivity contribution is 0.622. The zero-order valence-corrected chi connectivity index (χ0v) is 14.0. The summed E-state index contributed by atoms with van der Waals surface area (Å²) in [4.78, 5) is 7.12. The van der Waals surface area contributed by atoms with E-state index in [1.807, 2.05) is 31.5 Å². The summed E-state index contributed by atoms with van der Waals surface area (Å²) in [5.74, 6) is 0.733. The highest BCUT2D eigenvalue weighted by Gasteiger charge is 2.46. The Kier molecular flexibility index (Phi) is 4.82. The maximum Gasteiger partial charge on any atom is 0.165 e. The highest BCUT2D eigenvalue weighted by molar-refractivity contribution is 7.98. The lowest BCUT2D eigenvalue weighted by atomic mass is 10.0. The summed E-state index contributed by atoms with van der Waals surface area (Å²) in [6, 6.07) is 8.22. The van der Waals surface area contributed by atoms with E-state index in [0.717, 1.165) is 21.8 Å². The van der Waals surface area contributed by atoms with Crippen LogP contribution in [-0.2, 0) is 0 Å². The molecule has 1 aromatic carbocycles. The molecule has 2 nitrogen and oxygen atoms in total. The van der Waals surface area contributed by atoms with Gasteiger partial charge >= 0.3 is 0 Å². The van der Waals surface area contributed by atoms with E-state index in [2.05, 4.69) is 35.9 Å². The quantitative estimate of drug-likeness (QED) is 0.763. The Balaban J connectivity index is 0.000000160. The van der Waals surface area contributed by atoms with Crippen molar-refractivity contribution >= 4 is 23.4 Å². The summed E-state index contributed by atoms with van der Waals surface area (Å²) in [6.07, 6.45) is 5.12. The van der Waals surface area contributed by atoms with Gasteiger partial charge in [0.1, 0.15) is 0 Å². The number of halogens is 1. The zero-order chi connectivity index (χ0) is 14.8. The first kappa shape index (κ1) is 15.5. The number of H-pyrrole nitrogens is 1. The number of nitrogens with one attached hydrogen (secondary N) is 1. The molecule has 108 valence electrons. The fourth-order valence-electron chi connectivity index (χ4n) is 2.25. The van der Waals surface area contributed by atoms with Gasteiger partial charge in [0.2, 0.25) is 0 Å². The summed E-state index contributed by atoms with van der Waals surface area (Å²) in [5, 5.41) is 1.85. The molecule has 2 aromatic rings. The fourth-order valence-corrected chi connectivity index (χ4v) is 2.87. The number of benzene rings is 1. The zero-order valence-electron chi connectivity index (χ0n) is 12.4. The molecule has 1 N–H and O–H groups in total. The number of aryl methyl sites for hydroxylation is 1. The van der Waals surface area contributed by atoms with Crippen molar-refractivity contribution in [1.29, 1.82) is 0 Å². The molecule has 1 fully saturated rings. The van der Waals surface area contributed by atoms with Crippen LogP contribution in [0.1, 0.15) is 37.4 Å². The van der Waals surface area contributed by atoms with Crippen LogP contribution in [0.5, 0.6) is 0 Å². The van der Waals surface area contributed by atoms with Crippen molar-refractivity contribution in [2.45, 2.75) is 38.3 Å². The third-order valence-corrected chi connectivity index (χ3v) is 4.47. The molecule has 20 heavy (non-hydrogen) atoms. The summed E-state index contributed by atoms with van der Waals surface area (Å²) >= 11 is 7.53. The lowest BCUT2D eigenvalue weighted by Gasteiger charge is -2.03. The molecule has 3 rings (SSSR count). The number of aromatic amines is 1. The van der Waals surface area contributed by atoms with Crippen LogP contribution in [0.15, 0.2) is 35.6 Å². The second kappa shape index (κ2) is 6.23. The largest absolute Gasteiger partial charge is 0.337 e. The van der Waals surface area contributed by atoms with Gasteiger partial charge in [-0.25, -0.2) is 4.98 Å². The van der Waals surface area contributed by atoms with Gasteiger partial charge in [-0.2, -0.15) is 0 Å². The second-order valence-electron chi connectivity index (χ2n) is 5.88. The van der Waals surface area contributed by atoms with E-state index < -0.39 is 0 Å². The standard InChI is InChI=1S/C11H13Cl.C5H8N2S/c1-11(2)7-10(11)8-4-3-5-9(12)6-8;1-4-3-6-5(7-4)8-2/h3-6,10H,7H2,1-2H3;3H,1-2H3,(H,6,7)/t10-;/m0./s1. The normalized spacial score (nSPS) is 19.1.